The van der Waals surface area contributed by atoms with Crippen LogP contribution in [0.15, 0.2) is 28.0 Å². The second kappa shape index (κ2) is 8.00. The third-order valence-electron chi connectivity index (χ3n) is 3.05. The molecular formula is C14H20N4O3S. The predicted molar refractivity (Wildman–Crippen MR) is 83.5 cm³/mol. The normalized spacial score (nSPS) is 12.3. The molecule has 1 atom stereocenters. The molecule has 2 aromatic heterocycles. The molecule has 7 nitrogen and oxygen atoms in total. The highest BCUT2D eigenvalue weighted by atomic mass is 32.2. The van der Waals surface area contributed by atoms with Gasteiger partial charge in [0.15, 0.2) is 16.7 Å². The van der Waals surface area contributed by atoms with Crippen molar-refractivity contribution in [1.29, 1.82) is 0 Å². The lowest BCUT2D eigenvalue weighted by Gasteiger charge is -2.11. The summed E-state index contributed by atoms with van der Waals surface area (Å²) in [6.07, 6.45) is 2.39. The minimum atomic E-state index is -0.255. The van der Waals surface area contributed by atoms with Crippen LogP contribution in [-0.4, -0.2) is 46.2 Å². The monoisotopic (exact) mass is 324 g/mol. The smallest absolute Gasteiger partial charge is 0.233 e. The highest BCUT2D eigenvalue weighted by Gasteiger charge is 2.19. The molecule has 120 valence electrons. The van der Waals surface area contributed by atoms with Crippen molar-refractivity contribution >= 4 is 17.7 Å². The molecule has 0 saturated heterocycles. The van der Waals surface area contributed by atoms with Crippen molar-refractivity contribution in [3.63, 3.8) is 0 Å². The third-order valence-corrected chi connectivity index (χ3v) is 4.19. The van der Waals surface area contributed by atoms with Gasteiger partial charge in [-0.1, -0.05) is 11.8 Å². The van der Waals surface area contributed by atoms with Gasteiger partial charge < -0.3 is 19.0 Å². The molecule has 0 fully saturated rings. The van der Waals surface area contributed by atoms with Gasteiger partial charge in [-0.3, -0.25) is 4.79 Å². The summed E-state index contributed by atoms with van der Waals surface area (Å²) < 4.78 is 12.1. The zero-order valence-electron chi connectivity index (χ0n) is 12.9. The first-order chi connectivity index (χ1) is 10.6. The van der Waals surface area contributed by atoms with Crippen LogP contribution in [0.4, 0.5) is 0 Å². The van der Waals surface area contributed by atoms with Gasteiger partial charge in [0.05, 0.1) is 11.5 Å². The Kier molecular flexibility index (Phi) is 6.02. The van der Waals surface area contributed by atoms with Crippen molar-refractivity contribution < 1.29 is 13.9 Å². The lowest BCUT2D eigenvalue weighted by Crippen LogP contribution is -2.32. The largest absolute Gasteiger partial charge is 0.461 e. The molecule has 2 aromatic rings. The van der Waals surface area contributed by atoms with Gasteiger partial charge in [-0.05, 0) is 25.5 Å². The zero-order valence-corrected chi connectivity index (χ0v) is 13.7. The first-order valence-corrected chi connectivity index (χ1v) is 7.88. The third kappa shape index (κ3) is 4.11. The Hall–Kier alpha value is -1.80. The highest BCUT2D eigenvalue weighted by molar-refractivity contribution is 8.00. The summed E-state index contributed by atoms with van der Waals surface area (Å²) in [6.45, 7) is 3.09. The van der Waals surface area contributed by atoms with E-state index in [4.69, 9.17) is 9.15 Å². The molecule has 8 heteroatoms. The molecular weight excluding hydrogens is 304 g/mol. The Bertz CT molecular complexity index is 597. The lowest BCUT2D eigenvalue weighted by atomic mass is 10.4. The van der Waals surface area contributed by atoms with Crippen molar-refractivity contribution in [2.45, 2.75) is 23.8 Å². The fraction of sp³-hybridized carbons (Fsp3) is 0.500. The lowest BCUT2D eigenvalue weighted by molar-refractivity contribution is -0.120. The van der Waals surface area contributed by atoms with Gasteiger partial charge in [-0.15, -0.1) is 10.2 Å². The minimum Gasteiger partial charge on any atom is -0.461 e. The summed E-state index contributed by atoms with van der Waals surface area (Å²) in [5, 5.41) is 11.5. The van der Waals surface area contributed by atoms with Crippen LogP contribution in [0.25, 0.3) is 11.6 Å². The van der Waals surface area contributed by atoms with Crippen LogP contribution in [0.3, 0.4) is 0 Å². The Morgan fingerprint density at radius 1 is 1.55 bits per heavy atom. The number of furan rings is 1. The minimum absolute atomic E-state index is 0.0244. The van der Waals surface area contributed by atoms with Crippen LogP contribution in [0.2, 0.25) is 0 Å². The van der Waals surface area contributed by atoms with Crippen molar-refractivity contribution in [1.82, 2.24) is 20.1 Å². The fourth-order valence-electron chi connectivity index (χ4n) is 1.82. The number of carbonyl (C=O) groups is 1. The molecule has 1 amide bonds. The Morgan fingerprint density at radius 2 is 2.36 bits per heavy atom. The van der Waals surface area contributed by atoms with E-state index in [0.29, 0.717) is 29.9 Å². The van der Waals surface area contributed by atoms with E-state index in [-0.39, 0.29) is 11.2 Å². The van der Waals surface area contributed by atoms with Crippen molar-refractivity contribution in [2.75, 3.05) is 20.3 Å². The molecule has 0 aliphatic rings. The molecule has 0 aliphatic heterocycles. The number of hydrogen-bond donors (Lipinski definition) is 1. The summed E-state index contributed by atoms with van der Waals surface area (Å²) in [5.41, 5.74) is 0. The quantitative estimate of drug-likeness (QED) is 0.588. The zero-order chi connectivity index (χ0) is 15.9. The number of nitrogens with one attached hydrogen (secondary N) is 1. The summed E-state index contributed by atoms with van der Waals surface area (Å²) >= 11 is 1.36. The van der Waals surface area contributed by atoms with Gasteiger partial charge >= 0.3 is 0 Å². The maximum Gasteiger partial charge on any atom is 0.233 e. The molecule has 1 N–H and O–H groups in total. The number of hydrogen-bond acceptors (Lipinski definition) is 6. The van der Waals surface area contributed by atoms with Crippen LogP contribution in [-0.2, 0) is 16.6 Å². The van der Waals surface area contributed by atoms with Crippen molar-refractivity contribution in [3.05, 3.63) is 18.4 Å². The first kappa shape index (κ1) is 16.6. The Morgan fingerprint density at radius 3 is 3.05 bits per heavy atom. The van der Waals surface area contributed by atoms with Gasteiger partial charge in [0.25, 0.3) is 0 Å². The molecule has 22 heavy (non-hydrogen) atoms. The van der Waals surface area contributed by atoms with E-state index in [1.807, 2.05) is 24.6 Å². The van der Waals surface area contributed by atoms with E-state index in [1.54, 1.807) is 19.4 Å². The first-order valence-electron chi connectivity index (χ1n) is 7.00. The summed E-state index contributed by atoms with van der Waals surface area (Å²) in [4.78, 5) is 12.0. The molecule has 0 aliphatic carbocycles. The van der Waals surface area contributed by atoms with Gasteiger partial charge in [0.1, 0.15) is 0 Å². The summed E-state index contributed by atoms with van der Waals surface area (Å²) in [5.74, 6) is 1.27. The van der Waals surface area contributed by atoms with Crippen LogP contribution in [0.1, 0.15) is 13.3 Å². The van der Waals surface area contributed by atoms with Gasteiger partial charge in [0.2, 0.25) is 5.91 Å². The van der Waals surface area contributed by atoms with E-state index >= 15 is 0 Å². The van der Waals surface area contributed by atoms with Gasteiger partial charge in [-0.25, -0.2) is 0 Å². The van der Waals surface area contributed by atoms with Crippen LogP contribution < -0.4 is 5.32 Å². The van der Waals surface area contributed by atoms with Crippen molar-refractivity contribution in [3.8, 4) is 11.6 Å². The molecule has 2 heterocycles. The topological polar surface area (TPSA) is 82.2 Å². The molecule has 0 bridgehead atoms. The Labute approximate surface area is 133 Å². The van der Waals surface area contributed by atoms with E-state index < -0.39 is 0 Å². The maximum atomic E-state index is 12.0. The second-order valence-electron chi connectivity index (χ2n) is 4.74. The average molecular weight is 324 g/mol. The summed E-state index contributed by atoms with van der Waals surface area (Å²) in [7, 11) is 3.49. The molecule has 1 unspecified atom stereocenters. The maximum absolute atomic E-state index is 12.0. The van der Waals surface area contributed by atoms with E-state index in [9.17, 15) is 4.79 Å². The number of nitrogens with zero attached hydrogens (tertiary/aromatic N) is 3. The number of carbonyl (C=O) groups excluding carboxylic acids is 1. The molecule has 0 radical (unpaired) electrons. The van der Waals surface area contributed by atoms with E-state index in [2.05, 4.69) is 15.5 Å². The SMILES string of the molecule is COCCCNC(=O)C(C)Sc1nnc(-c2ccco2)n1C. The van der Waals surface area contributed by atoms with E-state index in [0.717, 1.165) is 6.42 Å². The number of rotatable bonds is 8. The molecule has 2 rings (SSSR count). The van der Waals surface area contributed by atoms with Crippen LogP contribution >= 0.6 is 11.8 Å². The number of aromatic nitrogens is 3. The van der Waals surface area contributed by atoms with Gasteiger partial charge in [-0.2, -0.15) is 0 Å². The highest BCUT2D eigenvalue weighted by Crippen LogP contribution is 2.25. The van der Waals surface area contributed by atoms with Crippen molar-refractivity contribution in [2.24, 2.45) is 7.05 Å². The standard InChI is InChI=1S/C14H20N4O3S/c1-10(13(19)15-7-5-8-20-3)22-14-17-16-12(18(14)2)11-6-4-9-21-11/h4,6,9-10H,5,7-8H2,1-3H3,(H,15,19). The second-order valence-corrected chi connectivity index (χ2v) is 6.05. The fourth-order valence-corrected chi connectivity index (χ4v) is 2.66. The number of methoxy groups -OCH3 is 1. The van der Waals surface area contributed by atoms with Crippen LogP contribution in [0, 0.1) is 0 Å². The summed E-state index contributed by atoms with van der Waals surface area (Å²) in [6, 6.07) is 3.62. The van der Waals surface area contributed by atoms with E-state index in [1.165, 1.54) is 11.8 Å². The molecule has 0 aromatic carbocycles. The van der Waals surface area contributed by atoms with Crippen LogP contribution in [0.5, 0.6) is 0 Å². The average Bonchev–Trinajstić information content (AvgIpc) is 3.14. The molecule has 0 spiro atoms. The number of thioether (sulfide) groups is 1. The predicted octanol–water partition coefficient (Wildman–Crippen LogP) is 1.71. The number of ether oxygens (including phenoxy) is 1. The number of amides is 1. The van der Waals surface area contributed by atoms with Gasteiger partial charge in [0, 0.05) is 27.3 Å². The Balaban J connectivity index is 1.92. The molecule has 0 saturated carbocycles.